The zero-order valence-electron chi connectivity index (χ0n) is 18.7. The van der Waals surface area contributed by atoms with Gasteiger partial charge in [0.15, 0.2) is 0 Å². The lowest BCUT2D eigenvalue weighted by Crippen LogP contribution is -2.32. The summed E-state index contributed by atoms with van der Waals surface area (Å²) in [5.41, 5.74) is 1.54. The van der Waals surface area contributed by atoms with Crippen LogP contribution in [-0.4, -0.2) is 40.6 Å². The number of ether oxygens (including phenoxy) is 2. The molecule has 0 bridgehead atoms. The van der Waals surface area contributed by atoms with Gasteiger partial charge in [-0.15, -0.1) is 0 Å². The van der Waals surface area contributed by atoms with E-state index in [1.165, 1.54) is 0 Å². The van der Waals surface area contributed by atoms with Gasteiger partial charge in [0.25, 0.3) is 0 Å². The fourth-order valence-corrected chi connectivity index (χ4v) is 2.85. The minimum atomic E-state index is -1.14. The van der Waals surface area contributed by atoms with Crippen molar-refractivity contribution < 1.29 is 29.3 Å². The quantitative estimate of drug-likeness (QED) is 0.471. The topological polar surface area (TPSA) is 117 Å². The summed E-state index contributed by atoms with van der Waals surface area (Å²) in [7, 11) is 0. The van der Waals surface area contributed by atoms with Gasteiger partial charge >= 0.3 is 12.2 Å². The molecule has 2 aromatic carbocycles. The number of hydrogen-bond donors (Lipinski definition) is 4. The van der Waals surface area contributed by atoms with Crippen LogP contribution in [0.2, 0.25) is 0 Å². The van der Waals surface area contributed by atoms with Crippen LogP contribution >= 0.6 is 0 Å². The number of aliphatic hydroxyl groups excluding tert-OH is 2. The van der Waals surface area contributed by atoms with Crippen LogP contribution in [0.25, 0.3) is 0 Å². The Hall–Kier alpha value is -3.10. The third-order valence-electron chi connectivity index (χ3n) is 4.41. The average molecular weight is 445 g/mol. The van der Waals surface area contributed by atoms with Crippen LogP contribution in [0.15, 0.2) is 54.6 Å². The minimum Gasteiger partial charge on any atom is -0.445 e. The predicted octanol–water partition coefficient (Wildman–Crippen LogP) is 3.42. The van der Waals surface area contributed by atoms with Crippen molar-refractivity contribution in [2.24, 2.45) is 0 Å². The van der Waals surface area contributed by atoms with Gasteiger partial charge in [-0.25, -0.2) is 9.59 Å². The molecule has 0 saturated carbocycles. The predicted molar refractivity (Wildman–Crippen MR) is 120 cm³/mol. The van der Waals surface area contributed by atoms with Gasteiger partial charge in [0.2, 0.25) is 0 Å². The summed E-state index contributed by atoms with van der Waals surface area (Å²) in [6, 6.07) is 16.2. The molecular formula is C24H32N2O6. The summed E-state index contributed by atoms with van der Waals surface area (Å²) < 4.78 is 10.3. The summed E-state index contributed by atoms with van der Waals surface area (Å²) in [4.78, 5) is 23.6. The van der Waals surface area contributed by atoms with Crippen molar-refractivity contribution in [2.75, 3.05) is 6.54 Å². The Kier molecular flexibility index (Phi) is 9.49. The minimum absolute atomic E-state index is 0.141. The lowest BCUT2D eigenvalue weighted by molar-refractivity contribution is 0.0136. The number of carbonyl (C=O) groups excluding carboxylic acids is 2. The third-order valence-corrected chi connectivity index (χ3v) is 4.41. The van der Waals surface area contributed by atoms with Gasteiger partial charge in [-0.2, -0.15) is 0 Å². The molecule has 0 fully saturated rings. The van der Waals surface area contributed by atoms with Crippen molar-refractivity contribution in [3.05, 3.63) is 71.3 Å². The van der Waals surface area contributed by atoms with E-state index < -0.39 is 30.0 Å². The summed E-state index contributed by atoms with van der Waals surface area (Å²) in [6.45, 7) is 5.86. The standard InChI is InChI=1S/C24H32N2O6/c1-24(2,3)32-23(30)26-15-18-10-7-11-19(14-18)21(28)20(27)12-13-25-22(29)31-16-17-8-5-4-6-9-17/h4-11,14,20-21,27-28H,12-13,15-16H2,1-3H3,(H,25,29)(H,26,30). The van der Waals surface area contributed by atoms with E-state index in [1.54, 1.807) is 45.0 Å². The van der Waals surface area contributed by atoms with Crippen molar-refractivity contribution in [1.82, 2.24) is 10.6 Å². The first-order valence-electron chi connectivity index (χ1n) is 10.5. The van der Waals surface area contributed by atoms with Gasteiger partial charge < -0.3 is 30.3 Å². The number of nitrogens with one attached hydrogen (secondary N) is 2. The second-order valence-electron chi connectivity index (χ2n) is 8.39. The molecule has 0 radical (unpaired) electrons. The molecule has 2 amide bonds. The van der Waals surface area contributed by atoms with Crippen LogP contribution in [0.1, 0.15) is 50.0 Å². The zero-order valence-corrected chi connectivity index (χ0v) is 18.7. The van der Waals surface area contributed by atoms with Crippen molar-refractivity contribution in [1.29, 1.82) is 0 Å². The number of benzene rings is 2. The molecule has 0 aliphatic heterocycles. The van der Waals surface area contributed by atoms with Gasteiger partial charge in [-0.05, 0) is 43.9 Å². The molecule has 4 N–H and O–H groups in total. The largest absolute Gasteiger partial charge is 0.445 e. The van der Waals surface area contributed by atoms with Gasteiger partial charge in [0, 0.05) is 13.1 Å². The molecule has 8 nitrogen and oxygen atoms in total. The van der Waals surface area contributed by atoms with E-state index >= 15 is 0 Å². The van der Waals surface area contributed by atoms with Crippen molar-refractivity contribution in [2.45, 2.75) is 58.2 Å². The fourth-order valence-electron chi connectivity index (χ4n) is 2.85. The molecule has 2 atom stereocenters. The van der Waals surface area contributed by atoms with Gasteiger partial charge in [0.05, 0.1) is 6.10 Å². The Morgan fingerprint density at radius 3 is 2.31 bits per heavy atom. The molecule has 0 heterocycles. The second kappa shape index (κ2) is 12.1. The van der Waals surface area contributed by atoms with E-state index in [0.717, 1.165) is 11.1 Å². The van der Waals surface area contributed by atoms with Crippen molar-refractivity contribution in [3.63, 3.8) is 0 Å². The smallest absolute Gasteiger partial charge is 0.407 e. The molecule has 0 spiro atoms. The summed E-state index contributed by atoms with van der Waals surface area (Å²) in [6.07, 6.45) is -3.21. The van der Waals surface area contributed by atoms with E-state index in [2.05, 4.69) is 10.6 Å². The van der Waals surface area contributed by atoms with E-state index in [9.17, 15) is 19.8 Å². The highest BCUT2D eigenvalue weighted by Gasteiger charge is 2.19. The molecule has 0 saturated heterocycles. The molecule has 32 heavy (non-hydrogen) atoms. The van der Waals surface area contributed by atoms with E-state index in [0.29, 0.717) is 5.56 Å². The summed E-state index contributed by atoms with van der Waals surface area (Å²) in [5.74, 6) is 0. The number of rotatable bonds is 9. The number of alkyl carbamates (subject to hydrolysis) is 2. The molecule has 0 aliphatic carbocycles. The van der Waals surface area contributed by atoms with Gasteiger partial charge in [0.1, 0.15) is 18.3 Å². The van der Waals surface area contributed by atoms with Crippen LogP contribution in [-0.2, 0) is 22.6 Å². The maximum Gasteiger partial charge on any atom is 0.407 e. The number of hydrogen-bond acceptors (Lipinski definition) is 6. The van der Waals surface area contributed by atoms with Crippen LogP contribution in [0, 0.1) is 0 Å². The van der Waals surface area contributed by atoms with Gasteiger partial charge in [-0.1, -0.05) is 54.6 Å². The van der Waals surface area contributed by atoms with Gasteiger partial charge in [-0.3, -0.25) is 0 Å². The highest BCUT2D eigenvalue weighted by Crippen LogP contribution is 2.20. The van der Waals surface area contributed by atoms with Crippen LogP contribution < -0.4 is 10.6 Å². The first-order chi connectivity index (χ1) is 15.1. The number of carbonyl (C=O) groups is 2. The first kappa shape index (κ1) is 25.2. The average Bonchev–Trinajstić information content (AvgIpc) is 2.75. The Balaban J connectivity index is 1.75. The van der Waals surface area contributed by atoms with Crippen LogP contribution in [0.5, 0.6) is 0 Å². The molecule has 8 heteroatoms. The number of aliphatic hydroxyl groups is 2. The van der Waals surface area contributed by atoms with Crippen LogP contribution in [0.4, 0.5) is 9.59 Å². The molecule has 2 aromatic rings. The molecule has 174 valence electrons. The molecule has 0 aliphatic rings. The molecule has 2 unspecified atom stereocenters. The highest BCUT2D eigenvalue weighted by atomic mass is 16.6. The third kappa shape index (κ3) is 9.36. The van der Waals surface area contributed by atoms with E-state index in [-0.39, 0.29) is 26.1 Å². The number of amides is 2. The van der Waals surface area contributed by atoms with Crippen molar-refractivity contribution >= 4 is 12.2 Å². The van der Waals surface area contributed by atoms with E-state index in [4.69, 9.17) is 9.47 Å². The molecule has 2 rings (SSSR count). The normalized spacial score (nSPS) is 13.0. The lowest BCUT2D eigenvalue weighted by atomic mass is 10.00. The lowest BCUT2D eigenvalue weighted by Gasteiger charge is -2.20. The second-order valence-corrected chi connectivity index (χ2v) is 8.39. The molecule has 0 aromatic heterocycles. The zero-order chi connectivity index (χ0) is 23.6. The SMILES string of the molecule is CC(C)(C)OC(=O)NCc1cccc(C(O)C(O)CCNC(=O)OCc2ccccc2)c1. The first-order valence-corrected chi connectivity index (χ1v) is 10.5. The Morgan fingerprint density at radius 2 is 1.62 bits per heavy atom. The summed E-state index contributed by atoms with van der Waals surface area (Å²) >= 11 is 0. The Morgan fingerprint density at radius 1 is 0.938 bits per heavy atom. The Bertz CT molecular complexity index is 866. The Labute approximate surface area is 188 Å². The summed E-state index contributed by atoms with van der Waals surface area (Å²) in [5, 5.41) is 26.0. The maximum absolute atomic E-state index is 11.8. The van der Waals surface area contributed by atoms with Crippen molar-refractivity contribution in [3.8, 4) is 0 Å². The maximum atomic E-state index is 11.8. The fraction of sp³-hybridized carbons (Fsp3) is 0.417. The molecular weight excluding hydrogens is 412 g/mol. The monoisotopic (exact) mass is 444 g/mol. The highest BCUT2D eigenvalue weighted by molar-refractivity contribution is 5.67. The van der Waals surface area contributed by atoms with Crippen LogP contribution in [0.3, 0.4) is 0 Å². The van der Waals surface area contributed by atoms with E-state index in [1.807, 2.05) is 30.3 Å².